The van der Waals surface area contributed by atoms with Crippen molar-refractivity contribution in [3.63, 3.8) is 0 Å². The number of pyridine rings is 1. The van der Waals surface area contributed by atoms with Crippen molar-refractivity contribution in [1.82, 2.24) is 15.0 Å². The Morgan fingerprint density at radius 1 is 1.24 bits per heavy atom. The lowest BCUT2D eigenvalue weighted by Crippen LogP contribution is -2.03. The second-order valence-corrected chi connectivity index (χ2v) is 5.14. The number of hydrogen-bond donors (Lipinski definition) is 2. The van der Waals surface area contributed by atoms with Crippen LogP contribution in [0.3, 0.4) is 0 Å². The Hall–Kier alpha value is -2.35. The Labute approximate surface area is 124 Å². The summed E-state index contributed by atoms with van der Waals surface area (Å²) in [5.41, 5.74) is 0.456. The normalized spacial score (nSPS) is 11.0. The van der Waals surface area contributed by atoms with Gasteiger partial charge in [-0.2, -0.15) is 0 Å². The van der Waals surface area contributed by atoms with E-state index in [1.807, 2.05) is 0 Å². The summed E-state index contributed by atoms with van der Waals surface area (Å²) in [5.74, 6) is -3.65. The molecule has 1 aromatic carbocycles. The maximum atomic E-state index is 13.4. The largest absolute Gasteiger partial charge is 0.478 e. The quantitative estimate of drug-likeness (QED) is 0.740. The molecule has 106 valence electrons. The number of halogens is 3. The molecular formula is C13H6BrF2N3O2. The number of hydrogen-bond acceptors (Lipinski definition) is 3. The smallest absolute Gasteiger partial charge is 0.336 e. The second kappa shape index (κ2) is 4.88. The van der Waals surface area contributed by atoms with E-state index >= 15 is 0 Å². The molecule has 0 spiro atoms. The fourth-order valence-corrected chi connectivity index (χ4v) is 2.25. The predicted octanol–water partition coefficient (Wildman–Crippen LogP) is 3.36. The third kappa shape index (κ3) is 2.38. The highest BCUT2D eigenvalue weighted by Gasteiger charge is 2.19. The number of aromatic carboxylic acids is 1. The lowest BCUT2D eigenvalue weighted by Gasteiger charge is -2.04. The van der Waals surface area contributed by atoms with Gasteiger partial charge >= 0.3 is 5.97 Å². The van der Waals surface area contributed by atoms with Gasteiger partial charge in [-0.3, -0.25) is 0 Å². The molecule has 3 aromatic rings. The Balaban J connectivity index is 2.26. The third-order valence-electron chi connectivity index (χ3n) is 2.85. The molecule has 8 heteroatoms. The Morgan fingerprint density at radius 3 is 2.67 bits per heavy atom. The van der Waals surface area contributed by atoms with Gasteiger partial charge in [0.2, 0.25) is 0 Å². The van der Waals surface area contributed by atoms with E-state index in [4.69, 9.17) is 5.11 Å². The van der Waals surface area contributed by atoms with Gasteiger partial charge in [-0.15, -0.1) is 0 Å². The van der Waals surface area contributed by atoms with Gasteiger partial charge in [-0.25, -0.2) is 23.5 Å². The van der Waals surface area contributed by atoms with E-state index in [0.717, 1.165) is 6.07 Å². The van der Waals surface area contributed by atoms with Crippen LogP contribution in [0.5, 0.6) is 0 Å². The monoisotopic (exact) mass is 353 g/mol. The lowest BCUT2D eigenvalue weighted by atomic mass is 10.1. The number of benzene rings is 1. The van der Waals surface area contributed by atoms with E-state index in [2.05, 4.69) is 30.9 Å². The highest BCUT2D eigenvalue weighted by atomic mass is 79.9. The molecule has 0 aliphatic carbocycles. The van der Waals surface area contributed by atoms with Crippen molar-refractivity contribution in [2.45, 2.75) is 0 Å². The first-order valence-electron chi connectivity index (χ1n) is 5.69. The molecule has 2 heterocycles. The average Bonchev–Trinajstić information content (AvgIpc) is 2.83. The molecule has 5 nitrogen and oxygen atoms in total. The summed E-state index contributed by atoms with van der Waals surface area (Å²) in [6.07, 6.45) is 1.52. The minimum atomic E-state index is -1.38. The van der Waals surface area contributed by atoms with Gasteiger partial charge in [0.1, 0.15) is 5.82 Å². The Kier molecular flexibility index (Phi) is 3.17. The summed E-state index contributed by atoms with van der Waals surface area (Å²) < 4.78 is 27.3. The van der Waals surface area contributed by atoms with Crippen LogP contribution in [-0.4, -0.2) is 26.0 Å². The molecule has 2 N–H and O–H groups in total. The number of rotatable bonds is 2. The predicted molar refractivity (Wildman–Crippen MR) is 73.9 cm³/mol. The molecule has 0 amide bonds. The SMILES string of the molecule is O=C(O)c1cc(F)c(F)cc1-c1nc2ncc(Br)cc2[nH]1. The number of carboxylic acid groups (broad SMARTS) is 1. The first kappa shape index (κ1) is 13.6. The number of nitrogens with one attached hydrogen (secondary N) is 1. The zero-order chi connectivity index (χ0) is 15.1. The van der Waals surface area contributed by atoms with E-state index < -0.39 is 17.6 Å². The molecule has 3 rings (SSSR count). The zero-order valence-corrected chi connectivity index (χ0v) is 11.8. The summed E-state index contributed by atoms with van der Waals surface area (Å²) in [5, 5.41) is 9.11. The number of carbonyl (C=O) groups is 1. The molecule has 0 bridgehead atoms. The summed E-state index contributed by atoms with van der Waals surface area (Å²) >= 11 is 3.24. The number of nitrogens with zero attached hydrogens (tertiary/aromatic N) is 2. The second-order valence-electron chi connectivity index (χ2n) is 4.23. The molecule has 0 fully saturated rings. The van der Waals surface area contributed by atoms with E-state index in [0.29, 0.717) is 21.7 Å². The number of fused-ring (bicyclic) bond motifs is 1. The lowest BCUT2D eigenvalue weighted by molar-refractivity contribution is 0.0697. The summed E-state index contributed by atoms with van der Waals surface area (Å²) in [6.45, 7) is 0. The van der Waals surface area contributed by atoms with Crippen LogP contribution >= 0.6 is 15.9 Å². The van der Waals surface area contributed by atoms with E-state index in [1.54, 1.807) is 6.07 Å². The molecule has 0 aliphatic rings. The van der Waals surface area contributed by atoms with Crippen LogP contribution in [0.1, 0.15) is 10.4 Å². The molecule has 0 aliphatic heterocycles. The van der Waals surface area contributed by atoms with Crippen LogP contribution in [0.15, 0.2) is 28.9 Å². The van der Waals surface area contributed by atoms with E-state index in [9.17, 15) is 13.6 Å². The van der Waals surface area contributed by atoms with Gasteiger partial charge in [0.15, 0.2) is 17.3 Å². The van der Waals surface area contributed by atoms with Crippen LogP contribution in [0.2, 0.25) is 0 Å². The number of carboxylic acids is 1. The van der Waals surface area contributed by atoms with Gasteiger partial charge < -0.3 is 10.1 Å². The van der Waals surface area contributed by atoms with Gasteiger partial charge in [0, 0.05) is 16.2 Å². The zero-order valence-electron chi connectivity index (χ0n) is 10.2. The van der Waals surface area contributed by atoms with Crippen molar-refractivity contribution in [3.8, 4) is 11.4 Å². The number of H-pyrrole nitrogens is 1. The van der Waals surface area contributed by atoms with Crippen molar-refractivity contribution < 1.29 is 18.7 Å². The third-order valence-corrected chi connectivity index (χ3v) is 3.28. The van der Waals surface area contributed by atoms with Crippen LogP contribution in [0, 0.1) is 11.6 Å². The highest BCUT2D eigenvalue weighted by molar-refractivity contribution is 9.10. The van der Waals surface area contributed by atoms with Crippen LogP contribution in [0.25, 0.3) is 22.6 Å². The van der Waals surface area contributed by atoms with Crippen molar-refractivity contribution in [1.29, 1.82) is 0 Å². The molecule has 2 aromatic heterocycles. The first-order valence-corrected chi connectivity index (χ1v) is 6.49. The average molecular weight is 354 g/mol. The van der Waals surface area contributed by atoms with Crippen LogP contribution < -0.4 is 0 Å². The minimum absolute atomic E-state index is 0.0458. The molecule has 0 saturated heterocycles. The van der Waals surface area contributed by atoms with Crippen LogP contribution in [0.4, 0.5) is 8.78 Å². The first-order chi connectivity index (χ1) is 9.95. The van der Waals surface area contributed by atoms with Crippen LogP contribution in [-0.2, 0) is 0 Å². The number of aromatic amines is 1. The fourth-order valence-electron chi connectivity index (χ4n) is 1.92. The maximum Gasteiger partial charge on any atom is 0.336 e. The number of aromatic nitrogens is 3. The molecule has 0 saturated carbocycles. The van der Waals surface area contributed by atoms with Gasteiger partial charge in [-0.05, 0) is 34.1 Å². The van der Waals surface area contributed by atoms with Gasteiger partial charge in [-0.1, -0.05) is 0 Å². The topological polar surface area (TPSA) is 78.9 Å². The molecular weight excluding hydrogens is 348 g/mol. The van der Waals surface area contributed by atoms with Crippen molar-refractivity contribution in [2.75, 3.05) is 0 Å². The van der Waals surface area contributed by atoms with E-state index in [-0.39, 0.29) is 17.0 Å². The minimum Gasteiger partial charge on any atom is -0.478 e. The molecule has 0 unspecified atom stereocenters. The van der Waals surface area contributed by atoms with Gasteiger partial charge in [0.05, 0.1) is 11.1 Å². The van der Waals surface area contributed by atoms with Crippen molar-refractivity contribution in [2.24, 2.45) is 0 Å². The fraction of sp³-hybridized carbons (Fsp3) is 0. The van der Waals surface area contributed by atoms with E-state index in [1.165, 1.54) is 6.20 Å². The molecule has 21 heavy (non-hydrogen) atoms. The highest BCUT2D eigenvalue weighted by Crippen LogP contribution is 2.26. The Bertz CT molecular complexity index is 879. The maximum absolute atomic E-state index is 13.4. The molecule has 0 atom stereocenters. The summed E-state index contributed by atoms with van der Waals surface area (Å²) in [6, 6.07) is 3.12. The standard InChI is InChI=1S/C13H6BrF2N3O2/c14-5-1-10-12(17-4-5)19-11(18-10)6-2-8(15)9(16)3-7(6)13(20)21/h1-4H,(H,20,21)(H,17,18,19). The summed E-state index contributed by atoms with van der Waals surface area (Å²) in [7, 11) is 0. The van der Waals surface area contributed by atoms with Crippen molar-refractivity contribution >= 4 is 33.1 Å². The summed E-state index contributed by atoms with van der Waals surface area (Å²) in [4.78, 5) is 22.1. The van der Waals surface area contributed by atoms with Crippen molar-refractivity contribution in [3.05, 3.63) is 46.1 Å². The molecule has 0 radical (unpaired) electrons. The Morgan fingerprint density at radius 2 is 1.95 bits per heavy atom. The van der Waals surface area contributed by atoms with Gasteiger partial charge in [0.25, 0.3) is 0 Å². The number of imidazole rings is 1.